The number of aromatic nitrogens is 1. The lowest BCUT2D eigenvalue weighted by molar-refractivity contribution is 0.224. The van der Waals surface area contributed by atoms with Gasteiger partial charge in [-0.25, -0.2) is 0 Å². The van der Waals surface area contributed by atoms with Crippen LogP contribution in [0, 0.1) is 12.8 Å². The highest BCUT2D eigenvalue weighted by Gasteiger charge is 2.04. The molecule has 2 rings (SSSR count). The molecule has 0 spiro atoms. The number of hydrogen-bond donors (Lipinski definition) is 1. The largest absolute Gasteiger partial charge is 0.396 e. The van der Waals surface area contributed by atoms with E-state index in [-0.39, 0.29) is 6.61 Å². The molecule has 2 heteroatoms. The highest BCUT2D eigenvalue weighted by atomic mass is 16.3. The van der Waals surface area contributed by atoms with E-state index in [2.05, 4.69) is 48.9 Å². The van der Waals surface area contributed by atoms with Gasteiger partial charge in [-0.1, -0.05) is 18.6 Å². The van der Waals surface area contributed by atoms with Crippen molar-refractivity contribution in [3.63, 3.8) is 0 Å². The SMILES string of the molecule is Cc1ccc2c(ccn2CC(C)CO)c1. The molecule has 2 nitrogen and oxygen atoms in total. The van der Waals surface area contributed by atoms with Crippen LogP contribution in [0.25, 0.3) is 10.9 Å². The average molecular weight is 203 g/mol. The van der Waals surface area contributed by atoms with Gasteiger partial charge < -0.3 is 9.67 Å². The Kier molecular flexibility index (Phi) is 2.78. The summed E-state index contributed by atoms with van der Waals surface area (Å²) in [6, 6.07) is 8.60. The van der Waals surface area contributed by atoms with Crippen LogP contribution in [0.15, 0.2) is 30.5 Å². The number of rotatable bonds is 3. The number of aryl methyl sites for hydroxylation is 1. The first kappa shape index (κ1) is 10.2. The van der Waals surface area contributed by atoms with Crippen molar-refractivity contribution in [2.24, 2.45) is 5.92 Å². The molecular formula is C13H17NO. The van der Waals surface area contributed by atoms with Crippen LogP contribution in [-0.4, -0.2) is 16.3 Å². The molecule has 2 aromatic rings. The molecule has 0 amide bonds. The molecule has 0 aliphatic rings. The fourth-order valence-electron chi connectivity index (χ4n) is 1.87. The third kappa shape index (κ3) is 2.05. The van der Waals surface area contributed by atoms with E-state index in [1.165, 1.54) is 16.5 Å². The van der Waals surface area contributed by atoms with Crippen LogP contribution in [0.4, 0.5) is 0 Å². The Morgan fingerprint density at radius 1 is 1.33 bits per heavy atom. The summed E-state index contributed by atoms with van der Waals surface area (Å²) < 4.78 is 2.20. The minimum atomic E-state index is 0.242. The van der Waals surface area contributed by atoms with Gasteiger partial charge in [-0.3, -0.25) is 0 Å². The lowest BCUT2D eigenvalue weighted by Crippen LogP contribution is -2.09. The molecule has 80 valence electrons. The molecule has 0 fully saturated rings. The second-order valence-electron chi connectivity index (χ2n) is 4.32. The van der Waals surface area contributed by atoms with Crippen LogP contribution >= 0.6 is 0 Å². The summed E-state index contributed by atoms with van der Waals surface area (Å²) in [6.07, 6.45) is 2.09. The molecule has 0 saturated heterocycles. The molecule has 0 saturated carbocycles. The van der Waals surface area contributed by atoms with Gasteiger partial charge in [0.05, 0.1) is 0 Å². The number of aliphatic hydroxyl groups is 1. The Bertz CT molecular complexity index is 459. The molecule has 1 unspecified atom stereocenters. The highest BCUT2D eigenvalue weighted by Crippen LogP contribution is 2.18. The van der Waals surface area contributed by atoms with Crippen LogP contribution in [0.2, 0.25) is 0 Å². The summed E-state index contributed by atoms with van der Waals surface area (Å²) in [4.78, 5) is 0. The van der Waals surface area contributed by atoms with Crippen molar-refractivity contribution in [1.82, 2.24) is 4.57 Å². The van der Waals surface area contributed by atoms with Crippen molar-refractivity contribution >= 4 is 10.9 Å². The van der Waals surface area contributed by atoms with Gasteiger partial charge in [-0.05, 0) is 36.4 Å². The number of aliphatic hydroxyl groups excluding tert-OH is 1. The summed E-state index contributed by atoms with van der Waals surface area (Å²) >= 11 is 0. The van der Waals surface area contributed by atoms with Crippen LogP contribution in [0.3, 0.4) is 0 Å². The lowest BCUT2D eigenvalue weighted by Gasteiger charge is -2.10. The van der Waals surface area contributed by atoms with Crippen LogP contribution < -0.4 is 0 Å². The average Bonchev–Trinajstić information content (AvgIpc) is 2.60. The Hall–Kier alpha value is -1.28. The maximum atomic E-state index is 9.04. The predicted octanol–water partition coefficient (Wildman–Crippen LogP) is 2.58. The van der Waals surface area contributed by atoms with E-state index >= 15 is 0 Å². The van der Waals surface area contributed by atoms with Crippen molar-refractivity contribution in [2.75, 3.05) is 6.61 Å². The second-order valence-corrected chi connectivity index (χ2v) is 4.32. The van der Waals surface area contributed by atoms with Crippen molar-refractivity contribution in [3.05, 3.63) is 36.0 Å². The zero-order valence-electron chi connectivity index (χ0n) is 9.27. The zero-order valence-corrected chi connectivity index (χ0v) is 9.27. The quantitative estimate of drug-likeness (QED) is 0.815. The summed E-state index contributed by atoms with van der Waals surface area (Å²) in [5.41, 5.74) is 2.54. The lowest BCUT2D eigenvalue weighted by atomic mass is 10.1. The van der Waals surface area contributed by atoms with Gasteiger partial charge in [0.15, 0.2) is 0 Å². The third-order valence-electron chi connectivity index (χ3n) is 2.75. The van der Waals surface area contributed by atoms with E-state index in [0.29, 0.717) is 5.92 Å². The summed E-state index contributed by atoms with van der Waals surface area (Å²) in [7, 11) is 0. The summed E-state index contributed by atoms with van der Waals surface area (Å²) in [5, 5.41) is 10.3. The first-order valence-corrected chi connectivity index (χ1v) is 5.37. The van der Waals surface area contributed by atoms with Crippen LogP contribution in [-0.2, 0) is 6.54 Å². The first-order valence-electron chi connectivity index (χ1n) is 5.37. The predicted molar refractivity (Wildman–Crippen MR) is 62.9 cm³/mol. The van der Waals surface area contributed by atoms with E-state index in [0.717, 1.165) is 6.54 Å². The third-order valence-corrected chi connectivity index (χ3v) is 2.75. The number of fused-ring (bicyclic) bond motifs is 1. The van der Waals surface area contributed by atoms with E-state index < -0.39 is 0 Å². The molecule has 0 aliphatic heterocycles. The topological polar surface area (TPSA) is 25.2 Å². The fourth-order valence-corrected chi connectivity index (χ4v) is 1.87. The van der Waals surface area contributed by atoms with Gasteiger partial charge in [0.1, 0.15) is 0 Å². The molecule has 1 atom stereocenters. The minimum Gasteiger partial charge on any atom is -0.396 e. The van der Waals surface area contributed by atoms with Crippen molar-refractivity contribution in [2.45, 2.75) is 20.4 Å². The number of benzene rings is 1. The van der Waals surface area contributed by atoms with Crippen molar-refractivity contribution < 1.29 is 5.11 Å². The van der Waals surface area contributed by atoms with E-state index in [1.807, 2.05) is 0 Å². The molecule has 1 aromatic heterocycles. The van der Waals surface area contributed by atoms with Crippen LogP contribution in [0.5, 0.6) is 0 Å². The molecule has 1 aromatic carbocycles. The van der Waals surface area contributed by atoms with E-state index in [4.69, 9.17) is 5.11 Å². The minimum absolute atomic E-state index is 0.242. The van der Waals surface area contributed by atoms with E-state index in [1.54, 1.807) is 0 Å². The Balaban J connectivity index is 2.36. The maximum Gasteiger partial charge on any atom is 0.0480 e. The number of hydrogen-bond acceptors (Lipinski definition) is 1. The Morgan fingerprint density at radius 2 is 2.13 bits per heavy atom. The molecular weight excluding hydrogens is 186 g/mol. The Labute approximate surface area is 90.2 Å². The molecule has 0 radical (unpaired) electrons. The zero-order chi connectivity index (χ0) is 10.8. The summed E-state index contributed by atoms with van der Waals surface area (Å²) in [6.45, 7) is 5.28. The van der Waals surface area contributed by atoms with Gasteiger partial charge in [0.25, 0.3) is 0 Å². The van der Waals surface area contributed by atoms with Gasteiger partial charge in [-0.15, -0.1) is 0 Å². The maximum absolute atomic E-state index is 9.04. The molecule has 1 N–H and O–H groups in total. The van der Waals surface area contributed by atoms with Crippen LogP contribution in [0.1, 0.15) is 12.5 Å². The Morgan fingerprint density at radius 3 is 2.87 bits per heavy atom. The van der Waals surface area contributed by atoms with Gasteiger partial charge in [0.2, 0.25) is 0 Å². The number of nitrogens with zero attached hydrogens (tertiary/aromatic N) is 1. The second kappa shape index (κ2) is 4.07. The summed E-state index contributed by atoms with van der Waals surface area (Å²) in [5.74, 6) is 0.307. The molecule has 1 heterocycles. The van der Waals surface area contributed by atoms with Gasteiger partial charge in [-0.2, -0.15) is 0 Å². The van der Waals surface area contributed by atoms with Gasteiger partial charge in [0, 0.05) is 24.9 Å². The first-order chi connectivity index (χ1) is 7.20. The highest BCUT2D eigenvalue weighted by molar-refractivity contribution is 5.80. The molecule has 15 heavy (non-hydrogen) atoms. The monoisotopic (exact) mass is 203 g/mol. The van der Waals surface area contributed by atoms with E-state index in [9.17, 15) is 0 Å². The smallest absolute Gasteiger partial charge is 0.0480 e. The van der Waals surface area contributed by atoms with Crippen molar-refractivity contribution in [1.29, 1.82) is 0 Å². The fraction of sp³-hybridized carbons (Fsp3) is 0.385. The normalized spacial score (nSPS) is 13.3. The standard InChI is InChI=1S/C13H17NO/c1-10-3-4-13-12(7-10)5-6-14(13)8-11(2)9-15/h3-7,11,15H,8-9H2,1-2H3. The molecule has 0 bridgehead atoms. The molecule has 0 aliphatic carbocycles. The van der Waals surface area contributed by atoms with Crippen molar-refractivity contribution in [3.8, 4) is 0 Å². The van der Waals surface area contributed by atoms with Gasteiger partial charge >= 0.3 is 0 Å².